The second-order valence-corrected chi connectivity index (χ2v) is 5.44. The molecule has 2 fully saturated rings. The zero-order valence-corrected chi connectivity index (χ0v) is 11.3. The van der Waals surface area contributed by atoms with Crippen molar-refractivity contribution in [2.45, 2.75) is 25.1 Å². The average molecular weight is 262 g/mol. The Morgan fingerprint density at radius 2 is 2.37 bits per heavy atom. The van der Waals surface area contributed by atoms with Crippen molar-refractivity contribution in [1.29, 1.82) is 0 Å². The van der Waals surface area contributed by atoms with Gasteiger partial charge in [-0.25, -0.2) is 0 Å². The Hall–Kier alpha value is -1.10. The van der Waals surface area contributed by atoms with Gasteiger partial charge in [-0.3, -0.25) is 9.80 Å². The number of rotatable bonds is 5. The topological polar surface area (TPSA) is 28.9 Å². The molecule has 4 heteroatoms. The summed E-state index contributed by atoms with van der Waals surface area (Å²) in [5, 5.41) is 0. The van der Waals surface area contributed by atoms with Crippen LogP contribution < -0.4 is 0 Å². The molecular formula is C15H22N2O2. The van der Waals surface area contributed by atoms with Gasteiger partial charge in [-0.1, -0.05) is 6.08 Å². The predicted molar refractivity (Wildman–Crippen MR) is 73.9 cm³/mol. The highest BCUT2D eigenvalue weighted by Gasteiger charge is 2.36. The van der Waals surface area contributed by atoms with Crippen molar-refractivity contribution in [1.82, 2.24) is 9.80 Å². The van der Waals surface area contributed by atoms with E-state index in [1.807, 2.05) is 12.1 Å². The molecule has 3 rings (SSSR count). The van der Waals surface area contributed by atoms with Gasteiger partial charge in [0.05, 0.1) is 25.5 Å². The van der Waals surface area contributed by atoms with Gasteiger partial charge in [-0.05, 0) is 18.6 Å². The fraction of sp³-hybridized carbons (Fsp3) is 0.600. The van der Waals surface area contributed by atoms with E-state index in [0.29, 0.717) is 18.8 Å². The maximum absolute atomic E-state index is 5.79. The smallest absolute Gasteiger partial charge is 0.117 e. The minimum atomic E-state index is 0.381. The first-order chi connectivity index (χ1) is 9.35. The van der Waals surface area contributed by atoms with E-state index in [1.165, 1.54) is 0 Å². The minimum Gasteiger partial charge on any atom is -0.468 e. The van der Waals surface area contributed by atoms with Crippen LogP contribution in [0.3, 0.4) is 0 Å². The molecule has 2 saturated heterocycles. The van der Waals surface area contributed by atoms with Gasteiger partial charge in [-0.15, -0.1) is 6.58 Å². The van der Waals surface area contributed by atoms with Crippen LogP contribution in [0.1, 0.15) is 12.2 Å². The highest BCUT2D eigenvalue weighted by Crippen LogP contribution is 2.24. The largest absolute Gasteiger partial charge is 0.468 e. The van der Waals surface area contributed by atoms with E-state index in [9.17, 15) is 0 Å². The summed E-state index contributed by atoms with van der Waals surface area (Å²) in [6, 6.07) is 4.65. The number of hydrogen-bond acceptors (Lipinski definition) is 4. The molecular weight excluding hydrogens is 240 g/mol. The average Bonchev–Trinajstić information content (AvgIpc) is 3.04. The van der Waals surface area contributed by atoms with Crippen molar-refractivity contribution in [2.75, 3.05) is 32.8 Å². The Morgan fingerprint density at radius 1 is 1.42 bits per heavy atom. The molecule has 0 bridgehead atoms. The van der Waals surface area contributed by atoms with E-state index in [-0.39, 0.29) is 0 Å². The van der Waals surface area contributed by atoms with E-state index in [1.54, 1.807) is 6.26 Å². The Kier molecular flexibility index (Phi) is 4.01. The van der Waals surface area contributed by atoms with Crippen molar-refractivity contribution >= 4 is 0 Å². The molecule has 3 heterocycles. The third kappa shape index (κ3) is 3.08. The summed E-state index contributed by atoms with van der Waals surface area (Å²) in [5.41, 5.74) is 0. The van der Waals surface area contributed by atoms with E-state index in [2.05, 4.69) is 22.4 Å². The quantitative estimate of drug-likeness (QED) is 0.756. The molecule has 1 aromatic heterocycles. The van der Waals surface area contributed by atoms with Gasteiger partial charge in [0.15, 0.2) is 0 Å². The lowest BCUT2D eigenvalue weighted by Gasteiger charge is -2.36. The van der Waals surface area contributed by atoms with E-state index in [4.69, 9.17) is 9.15 Å². The lowest BCUT2D eigenvalue weighted by atomic mass is 10.1. The SMILES string of the molecule is C=CCO[C@H]1C[C@@H]2CN(Cc3ccco3)CCN2C1. The van der Waals surface area contributed by atoms with Gasteiger partial charge < -0.3 is 9.15 Å². The first-order valence-corrected chi connectivity index (χ1v) is 7.06. The fourth-order valence-electron chi connectivity index (χ4n) is 3.15. The maximum Gasteiger partial charge on any atom is 0.117 e. The molecule has 1 aromatic rings. The minimum absolute atomic E-state index is 0.381. The normalized spacial score (nSPS) is 28.4. The van der Waals surface area contributed by atoms with Crippen molar-refractivity contribution in [3.8, 4) is 0 Å². The molecule has 19 heavy (non-hydrogen) atoms. The van der Waals surface area contributed by atoms with Gasteiger partial charge in [0.2, 0.25) is 0 Å². The molecule has 2 aliphatic rings. The van der Waals surface area contributed by atoms with E-state index in [0.717, 1.165) is 44.9 Å². The Morgan fingerprint density at radius 3 is 3.16 bits per heavy atom. The maximum atomic E-state index is 5.79. The molecule has 4 nitrogen and oxygen atoms in total. The lowest BCUT2D eigenvalue weighted by molar-refractivity contribution is 0.0748. The van der Waals surface area contributed by atoms with Crippen LogP contribution in [0.4, 0.5) is 0 Å². The highest BCUT2D eigenvalue weighted by atomic mass is 16.5. The number of nitrogens with zero attached hydrogens (tertiary/aromatic N) is 2. The lowest BCUT2D eigenvalue weighted by Crippen LogP contribution is -2.49. The molecule has 2 atom stereocenters. The van der Waals surface area contributed by atoms with Crippen LogP contribution in [0.15, 0.2) is 35.5 Å². The van der Waals surface area contributed by atoms with Crippen molar-refractivity contribution < 1.29 is 9.15 Å². The second-order valence-electron chi connectivity index (χ2n) is 5.44. The summed E-state index contributed by atoms with van der Waals surface area (Å²) < 4.78 is 11.2. The summed E-state index contributed by atoms with van der Waals surface area (Å²) in [7, 11) is 0. The van der Waals surface area contributed by atoms with Gasteiger partial charge in [0.1, 0.15) is 5.76 Å². The molecule has 0 amide bonds. The number of piperazine rings is 1. The Balaban J connectivity index is 1.51. The first kappa shape index (κ1) is 12.9. The first-order valence-electron chi connectivity index (χ1n) is 7.06. The van der Waals surface area contributed by atoms with Gasteiger partial charge in [0, 0.05) is 32.2 Å². The summed E-state index contributed by atoms with van der Waals surface area (Å²) in [6.45, 7) is 9.75. The fourth-order valence-corrected chi connectivity index (χ4v) is 3.15. The van der Waals surface area contributed by atoms with Crippen LogP contribution in [0.5, 0.6) is 0 Å². The predicted octanol–water partition coefficient (Wildman–Crippen LogP) is 1.74. The molecule has 2 aliphatic heterocycles. The molecule has 0 aliphatic carbocycles. The molecule has 0 N–H and O–H groups in total. The van der Waals surface area contributed by atoms with Crippen molar-refractivity contribution in [3.05, 3.63) is 36.8 Å². The van der Waals surface area contributed by atoms with E-state index < -0.39 is 0 Å². The molecule has 0 unspecified atom stereocenters. The van der Waals surface area contributed by atoms with Gasteiger partial charge >= 0.3 is 0 Å². The van der Waals surface area contributed by atoms with E-state index >= 15 is 0 Å². The van der Waals surface area contributed by atoms with Gasteiger partial charge in [-0.2, -0.15) is 0 Å². The second kappa shape index (κ2) is 5.90. The molecule has 104 valence electrons. The zero-order valence-electron chi connectivity index (χ0n) is 11.3. The number of fused-ring (bicyclic) bond motifs is 1. The van der Waals surface area contributed by atoms with Crippen LogP contribution >= 0.6 is 0 Å². The molecule has 0 radical (unpaired) electrons. The third-order valence-corrected chi connectivity index (χ3v) is 4.07. The number of ether oxygens (including phenoxy) is 1. The molecule has 0 saturated carbocycles. The Labute approximate surface area is 114 Å². The highest BCUT2D eigenvalue weighted by molar-refractivity contribution is 5.00. The summed E-state index contributed by atoms with van der Waals surface area (Å²) in [4.78, 5) is 5.04. The molecule has 0 spiro atoms. The third-order valence-electron chi connectivity index (χ3n) is 4.07. The number of furan rings is 1. The van der Waals surface area contributed by atoms with Crippen LogP contribution in [0, 0.1) is 0 Å². The Bertz CT molecular complexity index is 404. The standard InChI is InChI=1S/C15H22N2O2/c1-2-7-18-15-9-13-10-16(5-6-17(13)12-15)11-14-4-3-8-19-14/h2-4,8,13,15H,1,5-7,9-12H2/t13-,15+/m1/s1. The summed E-state index contributed by atoms with van der Waals surface area (Å²) in [6.07, 6.45) is 5.11. The van der Waals surface area contributed by atoms with Crippen LogP contribution in [0.25, 0.3) is 0 Å². The van der Waals surface area contributed by atoms with Crippen molar-refractivity contribution in [2.24, 2.45) is 0 Å². The van der Waals surface area contributed by atoms with Crippen LogP contribution in [-0.2, 0) is 11.3 Å². The zero-order chi connectivity index (χ0) is 13.1. The summed E-state index contributed by atoms with van der Waals surface area (Å²) in [5.74, 6) is 1.06. The number of hydrogen-bond donors (Lipinski definition) is 0. The summed E-state index contributed by atoms with van der Waals surface area (Å²) >= 11 is 0. The van der Waals surface area contributed by atoms with Crippen molar-refractivity contribution in [3.63, 3.8) is 0 Å². The van der Waals surface area contributed by atoms with Crippen LogP contribution in [0.2, 0.25) is 0 Å². The van der Waals surface area contributed by atoms with Gasteiger partial charge in [0.25, 0.3) is 0 Å². The monoisotopic (exact) mass is 262 g/mol. The molecule has 0 aromatic carbocycles. The van der Waals surface area contributed by atoms with Crippen LogP contribution in [-0.4, -0.2) is 54.7 Å².